The molecule has 126 valence electrons. The number of hydrogen-bond acceptors (Lipinski definition) is 4. The van der Waals surface area contributed by atoms with Gasteiger partial charge in [-0.25, -0.2) is 4.79 Å². The Morgan fingerprint density at radius 3 is 2.30 bits per heavy atom. The van der Waals surface area contributed by atoms with E-state index in [4.69, 9.17) is 4.74 Å². The van der Waals surface area contributed by atoms with E-state index in [1.807, 2.05) is 0 Å². The van der Waals surface area contributed by atoms with Crippen LogP contribution in [-0.2, 0) is 4.79 Å². The van der Waals surface area contributed by atoms with Gasteiger partial charge in [-0.2, -0.15) is 13.2 Å². The van der Waals surface area contributed by atoms with Crippen molar-refractivity contribution >= 4 is 11.8 Å². The van der Waals surface area contributed by atoms with Gasteiger partial charge in [-0.05, 0) is 24.6 Å². The Morgan fingerprint density at radius 1 is 1.30 bits per heavy atom. The molecule has 0 aliphatic carbocycles. The molecule has 1 aromatic carbocycles. The number of nitrogens with one attached hydrogen (secondary N) is 2. The number of ether oxygens (including phenoxy) is 1. The van der Waals surface area contributed by atoms with Crippen LogP contribution in [0.1, 0.15) is 18.5 Å². The third-order valence-corrected chi connectivity index (χ3v) is 3.72. The lowest BCUT2D eigenvalue weighted by Gasteiger charge is -2.44. The van der Waals surface area contributed by atoms with Crippen molar-refractivity contribution in [2.45, 2.75) is 24.9 Å². The van der Waals surface area contributed by atoms with Crippen molar-refractivity contribution in [1.82, 2.24) is 10.6 Å². The second-order valence-electron chi connectivity index (χ2n) is 5.20. The first-order valence-electron chi connectivity index (χ1n) is 6.62. The van der Waals surface area contributed by atoms with Crippen molar-refractivity contribution in [2.24, 2.45) is 5.92 Å². The molecule has 2 amide bonds. The second-order valence-corrected chi connectivity index (χ2v) is 5.20. The third-order valence-electron chi connectivity index (χ3n) is 3.72. The molecule has 0 aromatic heterocycles. The highest BCUT2D eigenvalue weighted by molar-refractivity contribution is 5.86. The van der Waals surface area contributed by atoms with E-state index < -0.39 is 35.7 Å². The number of rotatable bonds is 3. The predicted octanol–water partition coefficient (Wildman–Crippen LogP) is 1.51. The maximum Gasteiger partial charge on any atom is 0.437 e. The summed E-state index contributed by atoms with van der Waals surface area (Å²) in [6.07, 6.45) is -5.22. The highest BCUT2D eigenvalue weighted by Gasteiger charge is 2.65. The number of carbonyl (C=O) groups excluding carboxylic acids is 2. The Morgan fingerprint density at radius 2 is 1.87 bits per heavy atom. The Hall–Kier alpha value is -2.29. The summed E-state index contributed by atoms with van der Waals surface area (Å²) in [5, 5.41) is 13.7. The van der Waals surface area contributed by atoms with Crippen molar-refractivity contribution in [3.63, 3.8) is 0 Å². The monoisotopic (exact) mass is 332 g/mol. The molecule has 1 fully saturated rings. The van der Waals surface area contributed by atoms with Gasteiger partial charge in [0.1, 0.15) is 11.5 Å². The summed E-state index contributed by atoms with van der Waals surface area (Å²) in [5.74, 6) is -2.40. The van der Waals surface area contributed by atoms with E-state index >= 15 is 0 Å². The largest absolute Gasteiger partial charge is 0.497 e. The normalized spacial score (nSPS) is 27.8. The molecule has 0 unspecified atom stereocenters. The van der Waals surface area contributed by atoms with E-state index in [0.29, 0.717) is 5.75 Å². The van der Waals surface area contributed by atoms with Crippen LogP contribution in [0.2, 0.25) is 0 Å². The van der Waals surface area contributed by atoms with Crippen LogP contribution in [-0.4, -0.2) is 35.9 Å². The van der Waals surface area contributed by atoms with Gasteiger partial charge in [0.05, 0.1) is 19.1 Å². The van der Waals surface area contributed by atoms with Crippen LogP contribution >= 0.6 is 0 Å². The minimum Gasteiger partial charge on any atom is -0.497 e. The quantitative estimate of drug-likeness (QED) is 0.783. The molecule has 0 saturated carbocycles. The van der Waals surface area contributed by atoms with E-state index in [-0.39, 0.29) is 5.56 Å². The summed E-state index contributed by atoms with van der Waals surface area (Å²) in [7, 11) is 1.42. The van der Waals surface area contributed by atoms with E-state index in [1.165, 1.54) is 36.7 Å². The summed E-state index contributed by atoms with van der Waals surface area (Å²) >= 11 is 0. The smallest absolute Gasteiger partial charge is 0.437 e. The number of alkyl halides is 3. The third kappa shape index (κ3) is 2.96. The topological polar surface area (TPSA) is 87.7 Å². The standard InChI is InChI=1S/C14H15F3N2O4/c1-7(20)10-11(8-3-5-9(23-2)6-4-8)18-12(21)19-13(10,22)14(15,16)17/h3-6,10-11,22H,1-2H3,(H2,18,19,21)/t10-,11+,13+/m0/s1. The summed E-state index contributed by atoms with van der Waals surface area (Å²) in [6.45, 7) is 0.928. The number of halogens is 3. The maximum atomic E-state index is 13.3. The van der Waals surface area contributed by atoms with Crippen molar-refractivity contribution in [3.8, 4) is 5.75 Å². The summed E-state index contributed by atoms with van der Waals surface area (Å²) in [6, 6.07) is 3.24. The molecule has 23 heavy (non-hydrogen) atoms. The lowest BCUT2D eigenvalue weighted by molar-refractivity contribution is -0.290. The Labute approximate surface area is 129 Å². The average molecular weight is 332 g/mol. The van der Waals surface area contributed by atoms with E-state index in [1.54, 1.807) is 0 Å². The van der Waals surface area contributed by atoms with Crippen molar-refractivity contribution in [2.75, 3.05) is 7.11 Å². The minimum atomic E-state index is -5.22. The molecule has 1 aliphatic heterocycles. The Kier molecular flexibility index (Phi) is 4.25. The van der Waals surface area contributed by atoms with Gasteiger partial charge < -0.3 is 20.5 Å². The lowest BCUT2D eigenvalue weighted by Crippen LogP contribution is -2.72. The zero-order valence-electron chi connectivity index (χ0n) is 12.3. The van der Waals surface area contributed by atoms with Crippen molar-refractivity contribution < 1.29 is 32.6 Å². The molecule has 9 heteroatoms. The maximum absolute atomic E-state index is 13.3. The van der Waals surface area contributed by atoms with Crippen LogP contribution in [0, 0.1) is 5.92 Å². The van der Waals surface area contributed by atoms with E-state index in [9.17, 15) is 27.9 Å². The molecular formula is C14H15F3N2O4. The van der Waals surface area contributed by atoms with Crippen molar-refractivity contribution in [1.29, 1.82) is 0 Å². The van der Waals surface area contributed by atoms with Gasteiger partial charge >= 0.3 is 12.2 Å². The zero-order chi connectivity index (χ0) is 17.4. The van der Waals surface area contributed by atoms with Crippen LogP contribution in [0.5, 0.6) is 5.75 Å². The highest BCUT2D eigenvalue weighted by Crippen LogP contribution is 2.42. The number of urea groups is 1. The summed E-state index contributed by atoms with van der Waals surface area (Å²) in [5.41, 5.74) is -3.41. The Bertz CT molecular complexity index is 617. The highest BCUT2D eigenvalue weighted by atomic mass is 19.4. The minimum absolute atomic E-state index is 0.239. The van der Waals surface area contributed by atoms with Crippen molar-refractivity contribution in [3.05, 3.63) is 29.8 Å². The average Bonchev–Trinajstić information content (AvgIpc) is 2.45. The van der Waals surface area contributed by atoms with Gasteiger partial charge in [0.25, 0.3) is 0 Å². The first-order valence-corrected chi connectivity index (χ1v) is 6.62. The second kappa shape index (κ2) is 5.73. The number of ketones is 1. The lowest BCUT2D eigenvalue weighted by atomic mass is 9.79. The molecule has 1 aromatic rings. The number of benzene rings is 1. The number of amides is 2. The molecule has 1 saturated heterocycles. The van der Waals surface area contributed by atoms with Gasteiger partial charge in [0.15, 0.2) is 0 Å². The molecule has 0 spiro atoms. The fraction of sp³-hybridized carbons (Fsp3) is 0.429. The molecule has 2 rings (SSSR count). The summed E-state index contributed by atoms with van der Waals surface area (Å²) in [4.78, 5) is 23.4. The van der Waals surface area contributed by atoms with E-state index in [2.05, 4.69) is 5.32 Å². The van der Waals surface area contributed by atoms with Crippen LogP contribution in [0.15, 0.2) is 24.3 Å². The van der Waals surface area contributed by atoms with Gasteiger partial charge in [-0.3, -0.25) is 4.79 Å². The number of methoxy groups -OCH3 is 1. The molecular weight excluding hydrogens is 317 g/mol. The Balaban J connectivity index is 2.51. The first-order chi connectivity index (χ1) is 10.6. The fourth-order valence-electron chi connectivity index (χ4n) is 2.62. The number of carbonyl (C=O) groups is 2. The molecule has 3 atom stereocenters. The molecule has 6 nitrogen and oxygen atoms in total. The van der Waals surface area contributed by atoms with Gasteiger partial charge in [0.2, 0.25) is 5.72 Å². The van der Waals surface area contributed by atoms with E-state index in [0.717, 1.165) is 6.92 Å². The molecule has 0 bridgehead atoms. The fourth-order valence-corrected chi connectivity index (χ4v) is 2.62. The van der Waals surface area contributed by atoms with Gasteiger partial charge in [-0.1, -0.05) is 12.1 Å². The predicted molar refractivity (Wildman–Crippen MR) is 72.6 cm³/mol. The first kappa shape index (κ1) is 17.1. The number of aliphatic hydroxyl groups is 1. The number of hydrogen-bond donors (Lipinski definition) is 3. The molecule has 0 radical (unpaired) electrons. The van der Waals surface area contributed by atoms with Gasteiger partial charge in [0, 0.05) is 0 Å². The summed E-state index contributed by atoms with van der Waals surface area (Å²) < 4.78 is 44.7. The zero-order valence-corrected chi connectivity index (χ0v) is 12.3. The van der Waals surface area contributed by atoms with Crippen LogP contribution < -0.4 is 15.4 Å². The van der Waals surface area contributed by atoms with Gasteiger partial charge in [-0.15, -0.1) is 0 Å². The van der Waals surface area contributed by atoms with Crippen LogP contribution in [0.3, 0.4) is 0 Å². The van der Waals surface area contributed by atoms with Crippen LogP contribution in [0.25, 0.3) is 0 Å². The van der Waals surface area contributed by atoms with Crippen LogP contribution in [0.4, 0.5) is 18.0 Å². The molecule has 3 N–H and O–H groups in total. The number of Topliss-reactive ketones (excluding diaryl/α,β-unsaturated/α-hetero) is 1. The molecule has 1 heterocycles. The molecule has 1 aliphatic rings. The SMILES string of the molecule is COc1ccc([C@H]2NC(=O)N[C@](O)(C(F)(F)F)[C@H]2C(C)=O)cc1.